The molecule has 0 saturated carbocycles. The molecule has 0 aliphatic carbocycles. The number of aromatic nitrogens is 1. The number of rotatable bonds is 4. The van der Waals surface area contributed by atoms with E-state index < -0.39 is 17.6 Å². The average Bonchev–Trinajstić information content (AvgIpc) is 2.63. The van der Waals surface area contributed by atoms with E-state index in [4.69, 9.17) is 0 Å². The van der Waals surface area contributed by atoms with Crippen LogP contribution < -0.4 is 10.9 Å². The van der Waals surface area contributed by atoms with Gasteiger partial charge in [0, 0.05) is 22.4 Å². The molecular weight excluding hydrogens is 437 g/mol. The van der Waals surface area contributed by atoms with Gasteiger partial charge in [0.1, 0.15) is 0 Å². The van der Waals surface area contributed by atoms with E-state index in [9.17, 15) is 22.8 Å². The number of carbonyl (C=O) groups is 1. The fraction of sp³-hybridized carbons (Fsp3) is 0.100. The van der Waals surface area contributed by atoms with Gasteiger partial charge in [-0.25, -0.2) is 0 Å². The molecule has 0 atom stereocenters. The predicted octanol–water partition coefficient (Wildman–Crippen LogP) is 4.93. The third-order valence-electron chi connectivity index (χ3n) is 3.96. The SMILES string of the molecule is O=C(Nc1cccc(Br)c1)c1ccc(=O)n(Cc2ccc(C(F)(F)F)cc2)c1. The first-order chi connectivity index (χ1) is 13.2. The second-order valence-electron chi connectivity index (χ2n) is 6.04. The minimum Gasteiger partial charge on any atom is -0.322 e. The van der Waals surface area contributed by atoms with Crippen LogP contribution in [0, 0.1) is 0 Å². The zero-order chi connectivity index (χ0) is 20.3. The molecule has 0 fully saturated rings. The first-order valence-corrected chi connectivity index (χ1v) is 8.95. The first-order valence-electron chi connectivity index (χ1n) is 8.16. The summed E-state index contributed by atoms with van der Waals surface area (Å²) in [6.07, 6.45) is -3.03. The van der Waals surface area contributed by atoms with E-state index in [1.807, 2.05) is 6.07 Å². The highest BCUT2D eigenvalue weighted by atomic mass is 79.9. The number of anilines is 1. The molecule has 0 spiro atoms. The highest BCUT2D eigenvalue weighted by molar-refractivity contribution is 9.10. The van der Waals surface area contributed by atoms with E-state index >= 15 is 0 Å². The van der Waals surface area contributed by atoms with E-state index in [0.717, 1.165) is 16.6 Å². The Labute approximate surface area is 166 Å². The summed E-state index contributed by atoms with van der Waals surface area (Å²) in [7, 11) is 0. The number of benzene rings is 2. The standard InChI is InChI=1S/C20H14BrF3N2O2/c21-16-2-1-3-17(10-16)25-19(28)14-6-9-18(27)26(12-14)11-13-4-7-15(8-5-13)20(22,23)24/h1-10,12H,11H2,(H,25,28). The number of hydrogen-bond donors (Lipinski definition) is 1. The van der Waals surface area contributed by atoms with Crippen LogP contribution in [0.25, 0.3) is 0 Å². The maximum absolute atomic E-state index is 12.7. The van der Waals surface area contributed by atoms with Crippen LogP contribution in [0.15, 0.2) is 76.1 Å². The van der Waals surface area contributed by atoms with Crippen molar-refractivity contribution in [2.45, 2.75) is 12.7 Å². The fourth-order valence-corrected chi connectivity index (χ4v) is 2.95. The molecule has 4 nitrogen and oxygen atoms in total. The lowest BCUT2D eigenvalue weighted by Gasteiger charge is -2.11. The fourth-order valence-electron chi connectivity index (χ4n) is 2.55. The topological polar surface area (TPSA) is 51.1 Å². The Bertz CT molecular complexity index is 1060. The Hall–Kier alpha value is -2.87. The van der Waals surface area contributed by atoms with Gasteiger partial charge in [-0.1, -0.05) is 34.1 Å². The molecule has 2 aromatic carbocycles. The van der Waals surface area contributed by atoms with Gasteiger partial charge < -0.3 is 9.88 Å². The zero-order valence-corrected chi connectivity index (χ0v) is 15.9. The maximum Gasteiger partial charge on any atom is 0.416 e. The summed E-state index contributed by atoms with van der Waals surface area (Å²) in [6.45, 7) is 0.0506. The van der Waals surface area contributed by atoms with Crippen LogP contribution >= 0.6 is 15.9 Å². The van der Waals surface area contributed by atoms with E-state index in [0.29, 0.717) is 11.3 Å². The van der Waals surface area contributed by atoms with Gasteiger partial charge in [-0.2, -0.15) is 13.2 Å². The first kappa shape index (κ1) is 19.9. The summed E-state index contributed by atoms with van der Waals surface area (Å²) in [5.41, 5.74) is 0.232. The highest BCUT2D eigenvalue weighted by Crippen LogP contribution is 2.29. The molecule has 1 aromatic heterocycles. The van der Waals surface area contributed by atoms with Gasteiger partial charge in [0.2, 0.25) is 0 Å². The normalized spacial score (nSPS) is 11.3. The number of amides is 1. The van der Waals surface area contributed by atoms with E-state index in [1.54, 1.807) is 18.2 Å². The number of pyridine rings is 1. The molecule has 0 aliphatic heterocycles. The van der Waals surface area contributed by atoms with Crippen molar-refractivity contribution in [3.63, 3.8) is 0 Å². The Morgan fingerprint density at radius 3 is 2.39 bits per heavy atom. The molecule has 0 bridgehead atoms. The lowest BCUT2D eigenvalue weighted by Crippen LogP contribution is -2.22. The quantitative estimate of drug-likeness (QED) is 0.612. The minimum absolute atomic E-state index is 0.0506. The summed E-state index contributed by atoms with van der Waals surface area (Å²) < 4.78 is 40.0. The van der Waals surface area contributed by atoms with Gasteiger partial charge in [0.05, 0.1) is 17.7 Å². The molecule has 0 radical (unpaired) electrons. The molecule has 0 aliphatic rings. The van der Waals surface area contributed by atoms with Crippen LogP contribution in [-0.4, -0.2) is 10.5 Å². The number of halogens is 4. The van der Waals surface area contributed by atoms with Crippen molar-refractivity contribution in [1.82, 2.24) is 4.57 Å². The van der Waals surface area contributed by atoms with Crippen molar-refractivity contribution >= 4 is 27.5 Å². The Balaban J connectivity index is 1.79. The summed E-state index contributed by atoms with van der Waals surface area (Å²) in [6, 6.07) is 14.2. The maximum atomic E-state index is 12.7. The van der Waals surface area contributed by atoms with Crippen molar-refractivity contribution in [2.75, 3.05) is 5.32 Å². The zero-order valence-electron chi connectivity index (χ0n) is 14.3. The Morgan fingerprint density at radius 2 is 1.75 bits per heavy atom. The van der Waals surface area contributed by atoms with Gasteiger partial charge in [0.15, 0.2) is 0 Å². The number of hydrogen-bond acceptors (Lipinski definition) is 2. The molecule has 1 heterocycles. The summed E-state index contributed by atoms with van der Waals surface area (Å²) in [5.74, 6) is -0.403. The van der Waals surface area contributed by atoms with Gasteiger partial charge in [0.25, 0.3) is 11.5 Å². The Kier molecular flexibility index (Phi) is 5.69. The molecule has 1 amide bonds. The van der Waals surface area contributed by atoms with E-state index in [-0.39, 0.29) is 17.7 Å². The molecule has 1 N–H and O–H groups in total. The van der Waals surface area contributed by atoms with Crippen molar-refractivity contribution in [3.05, 3.63) is 98.4 Å². The summed E-state index contributed by atoms with van der Waals surface area (Å²) >= 11 is 3.32. The smallest absolute Gasteiger partial charge is 0.322 e. The monoisotopic (exact) mass is 450 g/mol. The number of alkyl halides is 3. The van der Waals surface area contributed by atoms with Gasteiger partial charge in [-0.15, -0.1) is 0 Å². The molecule has 0 saturated heterocycles. The molecular formula is C20H14BrF3N2O2. The van der Waals surface area contributed by atoms with Crippen LogP contribution in [0.1, 0.15) is 21.5 Å². The molecule has 8 heteroatoms. The Morgan fingerprint density at radius 1 is 1.04 bits per heavy atom. The van der Waals surface area contributed by atoms with Crippen LogP contribution in [0.4, 0.5) is 18.9 Å². The lowest BCUT2D eigenvalue weighted by molar-refractivity contribution is -0.137. The minimum atomic E-state index is -4.42. The van der Waals surface area contributed by atoms with E-state index in [2.05, 4.69) is 21.2 Å². The largest absolute Gasteiger partial charge is 0.416 e. The molecule has 0 unspecified atom stereocenters. The lowest BCUT2D eigenvalue weighted by atomic mass is 10.1. The second kappa shape index (κ2) is 8.02. The van der Waals surface area contributed by atoms with Gasteiger partial charge in [-0.05, 0) is 42.0 Å². The van der Waals surface area contributed by atoms with Crippen LogP contribution in [-0.2, 0) is 12.7 Å². The number of nitrogens with zero attached hydrogens (tertiary/aromatic N) is 1. The third-order valence-corrected chi connectivity index (χ3v) is 4.46. The summed E-state index contributed by atoms with van der Waals surface area (Å²) in [4.78, 5) is 24.5. The van der Waals surface area contributed by atoms with Crippen LogP contribution in [0.3, 0.4) is 0 Å². The average molecular weight is 451 g/mol. The molecule has 28 heavy (non-hydrogen) atoms. The highest BCUT2D eigenvalue weighted by Gasteiger charge is 2.29. The number of carbonyl (C=O) groups excluding carboxylic acids is 1. The molecule has 3 aromatic rings. The van der Waals surface area contributed by atoms with Crippen LogP contribution in [0.5, 0.6) is 0 Å². The molecule has 144 valence electrons. The number of nitrogens with one attached hydrogen (secondary N) is 1. The van der Waals surface area contributed by atoms with Gasteiger partial charge >= 0.3 is 6.18 Å². The third kappa shape index (κ3) is 4.89. The van der Waals surface area contributed by atoms with Crippen molar-refractivity contribution in [1.29, 1.82) is 0 Å². The van der Waals surface area contributed by atoms with Crippen LogP contribution in [0.2, 0.25) is 0 Å². The molecule has 3 rings (SSSR count). The van der Waals surface area contributed by atoms with Gasteiger partial charge in [-0.3, -0.25) is 9.59 Å². The van der Waals surface area contributed by atoms with Crippen molar-refractivity contribution in [3.8, 4) is 0 Å². The van der Waals surface area contributed by atoms with Crippen molar-refractivity contribution in [2.24, 2.45) is 0 Å². The predicted molar refractivity (Wildman–Crippen MR) is 103 cm³/mol. The van der Waals surface area contributed by atoms with E-state index in [1.165, 1.54) is 35.0 Å². The van der Waals surface area contributed by atoms with Crippen molar-refractivity contribution < 1.29 is 18.0 Å². The summed E-state index contributed by atoms with van der Waals surface area (Å²) in [5, 5.41) is 2.72. The second-order valence-corrected chi connectivity index (χ2v) is 6.96.